The number of nitrogens with one attached hydrogen (secondary N) is 1. The molecule has 1 saturated carbocycles. The summed E-state index contributed by atoms with van der Waals surface area (Å²) >= 11 is 5.92. The molecular formula is C26H24ClFN4O. The van der Waals surface area contributed by atoms with Gasteiger partial charge in [0, 0.05) is 35.9 Å². The number of aromatic nitrogens is 3. The van der Waals surface area contributed by atoms with Gasteiger partial charge in [-0.15, -0.1) is 0 Å². The molecule has 0 radical (unpaired) electrons. The van der Waals surface area contributed by atoms with Crippen LogP contribution < -0.4 is 5.32 Å². The maximum absolute atomic E-state index is 14.3. The van der Waals surface area contributed by atoms with Gasteiger partial charge in [-0.3, -0.25) is 9.36 Å². The molecule has 0 aliphatic heterocycles. The Kier molecular flexibility index (Phi) is 5.85. The molecule has 0 unspecified atom stereocenters. The van der Waals surface area contributed by atoms with Gasteiger partial charge in [-0.2, -0.15) is 0 Å². The molecule has 168 valence electrons. The first kappa shape index (κ1) is 21.6. The molecule has 1 amide bonds. The summed E-state index contributed by atoms with van der Waals surface area (Å²) in [6.07, 6.45) is 10.2. The molecule has 0 atom stereocenters. The van der Waals surface area contributed by atoms with Crippen molar-refractivity contribution >= 4 is 28.4 Å². The van der Waals surface area contributed by atoms with Gasteiger partial charge in [0.25, 0.3) is 5.91 Å². The van der Waals surface area contributed by atoms with Crippen molar-refractivity contribution in [3.8, 4) is 5.95 Å². The van der Waals surface area contributed by atoms with E-state index in [0.717, 1.165) is 48.6 Å². The highest BCUT2D eigenvalue weighted by Crippen LogP contribution is 2.40. The number of amides is 1. The first-order chi connectivity index (χ1) is 16.1. The van der Waals surface area contributed by atoms with E-state index in [9.17, 15) is 9.18 Å². The van der Waals surface area contributed by atoms with Gasteiger partial charge in [-0.05, 0) is 42.7 Å². The van der Waals surface area contributed by atoms with E-state index in [2.05, 4.69) is 15.3 Å². The number of halogens is 2. The van der Waals surface area contributed by atoms with Gasteiger partial charge in [-0.25, -0.2) is 14.4 Å². The number of nitrogens with zero attached hydrogens (tertiary/aromatic N) is 3. The molecule has 4 aromatic rings. The number of rotatable bonds is 5. The molecule has 1 fully saturated rings. The Bertz CT molecular complexity index is 1300. The Morgan fingerprint density at radius 2 is 1.82 bits per heavy atom. The second kappa shape index (κ2) is 8.94. The van der Waals surface area contributed by atoms with E-state index in [-0.39, 0.29) is 16.3 Å². The molecule has 0 bridgehead atoms. The predicted molar refractivity (Wildman–Crippen MR) is 127 cm³/mol. The van der Waals surface area contributed by atoms with Crippen molar-refractivity contribution in [2.75, 3.05) is 6.54 Å². The van der Waals surface area contributed by atoms with Gasteiger partial charge >= 0.3 is 0 Å². The Balaban J connectivity index is 1.46. The van der Waals surface area contributed by atoms with E-state index in [4.69, 9.17) is 11.6 Å². The van der Waals surface area contributed by atoms with Crippen LogP contribution in [0.4, 0.5) is 4.39 Å². The third kappa shape index (κ3) is 4.11. The molecule has 0 spiro atoms. The van der Waals surface area contributed by atoms with E-state index in [1.807, 2.05) is 34.9 Å². The number of para-hydroxylation sites is 1. The maximum Gasteiger partial charge on any atom is 0.253 e. The molecule has 5 nitrogen and oxygen atoms in total. The fourth-order valence-corrected chi connectivity index (χ4v) is 5.03. The fourth-order valence-electron chi connectivity index (χ4n) is 4.91. The standard InChI is InChI=1S/C26H24ClFN4O/c27-21-10-9-18(15-22(21)28)26(11-4-1-5-12-26)17-31-24(33)20-16-32(25-29-13-6-14-30-25)23-8-3-2-7-19(20)23/h2-3,6-10,13-16H,1,4-5,11-12,17H2,(H,31,33). The fraction of sp³-hybridized carbons (Fsp3) is 0.269. The average molecular weight is 463 g/mol. The van der Waals surface area contributed by atoms with Crippen molar-refractivity contribution in [1.29, 1.82) is 0 Å². The van der Waals surface area contributed by atoms with E-state index < -0.39 is 5.82 Å². The summed E-state index contributed by atoms with van der Waals surface area (Å²) in [7, 11) is 0. The zero-order valence-electron chi connectivity index (χ0n) is 18.1. The lowest BCUT2D eigenvalue weighted by Crippen LogP contribution is -2.42. The summed E-state index contributed by atoms with van der Waals surface area (Å²) in [5.41, 5.74) is 2.01. The quantitative estimate of drug-likeness (QED) is 0.405. The van der Waals surface area contributed by atoms with Gasteiger partial charge in [0.15, 0.2) is 0 Å². The van der Waals surface area contributed by atoms with Crippen molar-refractivity contribution < 1.29 is 9.18 Å². The molecule has 7 heteroatoms. The van der Waals surface area contributed by atoms with E-state index in [1.165, 1.54) is 6.07 Å². The van der Waals surface area contributed by atoms with Crippen LogP contribution in [0, 0.1) is 5.82 Å². The van der Waals surface area contributed by atoms with Gasteiger partial charge in [-0.1, -0.05) is 55.1 Å². The lowest BCUT2D eigenvalue weighted by atomic mass is 9.69. The van der Waals surface area contributed by atoms with E-state index in [1.54, 1.807) is 30.7 Å². The Morgan fingerprint density at radius 3 is 2.58 bits per heavy atom. The van der Waals surface area contributed by atoms with Crippen LogP contribution in [0.25, 0.3) is 16.9 Å². The van der Waals surface area contributed by atoms with Crippen molar-refractivity contribution in [3.05, 3.63) is 89.1 Å². The smallest absolute Gasteiger partial charge is 0.253 e. The van der Waals surface area contributed by atoms with Gasteiger partial charge in [0.1, 0.15) is 5.82 Å². The summed E-state index contributed by atoms with van der Waals surface area (Å²) in [6.45, 7) is 0.439. The summed E-state index contributed by atoms with van der Waals surface area (Å²) in [5.74, 6) is -0.0789. The van der Waals surface area contributed by atoms with Crippen molar-refractivity contribution in [1.82, 2.24) is 19.9 Å². The molecule has 5 rings (SSSR count). The van der Waals surface area contributed by atoms with Crippen molar-refractivity contribution in [3.63, 3.8) is 0 Å². The molecule has 2 heterocycles. The molecule has 1 aliphatic rings. The topological polar surface area (TPSA) is 59.8 Å². The molecular weight excluding hydrogens is 439 g/mol. The minimum Gasteiger partial charge on any atom is -0.351 e. The summed E-state index contributed by atoms with van der Waals surface area (Å²) in [6, 6.07) is 14.5. The Morgan fingerprint density at radius 1 is 1.06 bits per heavy atom. The predicted octanol–water partition coefficient (Wildman–Crippen LogP) is 5.84. The SMILES string of the molecule is O=C(NCC1(c2ccc(Cl)c(F)c2)CCCCC1)c1cn(-c2ncccn2)c2ccccc12. The van der Waals surface area contributed by atoms with Crippen molar-refractivity contribution in [2.24, 2.45) is 0 Å². The van der Waals surface area contributed by atoms with Crippen molar-refractivity contribution in [2.45, 2.75) is 37.5 Å². The summed E-state index contributed by atoms with van der Waals surface area (Å²) in [5, 5.41) is 4.10. The van der Waals surface area contributed by atoms with Crippen LogP contribution in [0.1, 0.15) is 48.0 Å². The van der Waals surface area contributed by atoms with Crippen LogP contribution in [0.15, 0.2) is 67.1 Å². The molecule has 2 aromatic carbocycles. The second-order valence-electron chi connectivity index (χ2n) is 8.63. The Labute approximate surface area is 196 Å². The average Bonchev–Trinajstić information content (AvgIpc) is 3.25. The van der Waals surface area contributed by atoms with Gasteiger partial charge < -0.3 is 5.32 Å². The van der Waals surface area contributed by atoms with Crippen LogP contribution >= 0.6 is 11.6 Å². The molecule has 0 saturated heterocycles. The lowest BCUT2D eigenvalue weighted by molar-refractivity contribution is 0.0938. The number of hydrogen-bond donors (Lipinski definition) is 1. The third-order valence-electron chi connectivity index (χ3n) is 6.65. The van der Waals surface area contributed by atoms with Crippen LogP contribution in [0.5, 0.6) is 0 Å². The number of hydrogen-bond acceptors (Lipinski definition) is 3. The minimum atomic E-state index is -0.420. The second-order valence-corrected chi connectivity index (χ2v) is 9.04. The zero-order chi connectivity index (χ0) is 22.8. The van der Waals surface area contributed by atoms with Crippen LogP contribution in [0.2, 0.25) is 5.02 Å². The zero-order valence-corrected chi connectivity index (χ0v) is 18.9. The van der Waals surface area contributed by atoms with Crippen LogP contribution in [-0.2, 0) is 5.41 Å². The molecule has 1 aliphatic carbocycles. The highest BCUT2D eigenvalue weighted by molar-refractivity contribution is 6.30. The van der Waals surface area contributed by atoms with Crippen LogP contribution in [-0.4, -0.2) is 27.0 Å². The van der Waals surface area contributed by atoms with E-state index >= 15 is 0 Å². The third-order valence-corrected chi connectivity index (χ3v) is 6.96. The lowest BCUT2D eigenvalue weighted by Gasteiger charge is -2.38. The van der Waals surface area contributed by atoms with E-state index in [0.29, 0.717) is 18.1 Å². The number of fused-ring (bicyclic) bond motifs is 1. The summed E-state index contributed by atoms with van der Waals surface area (Å²) < 4.78 is 16.1. The minimum absolute atomic E-state index is 0.115. The first-order valence-corrected chi connectivity index (χ1v) is 11.6. The monoisotopic (exact) mass is 462 g/mol. The molecule has 33 heavy (non-hydrogen) atoms. The Hall–Kier alpha value is -3.25. The largest absolute Gasteiger partial charge is 0.351 e. The molecule has 2 aromatic heterocycles. The number of carbonyl (C=O) groups excluding carboxylic acids is 1. The van der Waals surface area contributed by atoms with Gasteiger partial charge in [0.05, 0.1) is 16.1 Å². The molecule has 1 N–H and O–H groups in total. The van der Waals surface area contributed by atoms with Crippen LogP contribution in [0.3, 0.4) is 0 Å². The van der Waals surface area contributed by atoms with Gasteiger partial charge in [0.2, 0.25) is 5.95 Å². The highest BCUT2D eigenvalue weighted by Gasteiger charge is 2.35. The number of benzene rings is 2. The summed E-state index contributed by atoms with van der Waals surface area (Å²) in [4.78, 5) is 22.0. The highest BCUT2D eigenvalue weighted by atomic mass is 35.5. The normalized spacial score (nSPS) is 15.5. The number of carbonyl (C=O) groups is 1. The maximum atomic E-state index is 14.3. The first-order valence-electron chi connectivity index (χ1n) is 11.2.